The third-order valence-electron chi connectivity index (χ3n) is 5.18. The quantitative estimate of drug-likeness (QED) is 0.715. The lowest BCUT2D eigenvalue weighted by atomic mass is 9.48. The highest BCUT2D eigenvalue weighted by Gasteiger charge is 2.57. The van der Waals surface area contributed by atoms with Gasteiger partial charge in [0.05, 0.1) is 0 Å². The molecule has 0 bridgehead atoms. The van der Waals surface area contributed by atoms with Crippen LogP contribution < -0.4 is 0 Å². The normalized spacial score (nSPS) is 40.8. The van der Waals surface area contributed by atoms with Crippen LogP contribution in [0.5, 0.6) is 0 Å². The topological polar surface area (TPSA) is 54.4 Å². The summed E-state index contributed by atoms with van der Waals surface area (Å²) in [6, 6.07) is 0. The van der Waals surface area contributed by atoms with Crippen molar-refractivity contribution in [3.63, 3.8) is 0 Å². The number of hydrogen-bond acceptors (Lipinski definition) is 2. The zero-order valence-corrected chi connectivity index (χ0v) is 11.0. The largest absolute Gasteiger partial charge is 0.481 e. The highest BCUT2D eigenvalue weighted by atomic mass is 16.4. The molecule has 0 aromatic rings. The number of fused-ring (bicyclic) bond motifs is 1. The fraction of sp³-hybridized carbons (Fsp3) is 0.857. The van der Waals surface area contributed by atoms with E-state index in [4.69, 9.17) is 0 Å². The molecule has 0 spiro atoms. The summed E-state index contributed by atoms with van der Waals surface area (Å²) < 4.78 is 0. The van der Waals surface area contributed by atoms with Gasteiger partial charge in [-0.15, -0.1) is 0 Å². The van der Waals surface area contributed by atoms with E-state index < -0.39 is 11.9 Å². The number of carbonyl (C=O) groups is 2. The highest BCUT2D eigenvalue weighted by Crippen LogP contribution is 2.58. The van der Waals surface area contributed by atoms with E-state index in [1.807, 2.05) is 6.92 Å². The molecule has 0 unspecified atom stereocenters. The number of Topliss-reactive ketones (excluding diaryl/α,β-unsaturated/α-hetero) is 1. The second-order valence-corrected chi connectivity index (χ2v) is 6.68. The molecule has 2 aliphatic rings. The molecular weight excluding hydrogens is 216 g/mol. The summed E-state index contributed by atoms with van der Waals surface area (Å²) in [5, 5.41) is 9.36. The summed E-state index contributed by atoms with van der Waals surface area (Å²) in [5.41, 5.74) is -0.162. The van der Waals surface area contributed by atoms with E-state index in [0.717, 1.165) is 25.7 Å². The Morgan fingerprint density at radius 1 is 1.29 bits per heavy atom. The predicted octanol–water partition coefficient (Wildman–Crippen LogP) is 2.88. The van der Waals surface area contributed by atoms with Crippen LogP contribution in [0.15, 0.2) is 0 Å². The van der Waals surface area contributed by atoms with Gasteiger partial charge in [0.1, 0.15) is 11.7 Å². The average Bonchev–Trinajstić information content (AvgIpc) is 2.14. The summed E-state index contributed by atoms with van der Waals surface area (Å²) in [5.74, 6) is -1.39. The molecule has 2 fully saturated rings. The summed E-state index contributed by atoms with van der Waals surface area (Å²) in [6.07, 6.45) is 4.38. The molecule has 0 radical (unpaired) electrons. The molecule has 3 atom stereocenters. The Hall–Kier alpha value is -0.860. The number of aliphatic carboxylic acids is 1. The van der Waals surface area contributed by atoms with Gasteiger partial charge in [-0.05, 0) is 36.0 Å². The number of carbonyl (C=O) groups excluding carboxylic acids is 1. The Bertz CT molecular complexity index is 358. The Kier molecular flexibility index (Phi) is 2.83. The Balaban J connectivity index is 2.41. The van der Waals surface area contributed by atoms with Crippen LogP contribution in [0.3, 0.4) is 0 Å². The van der Waals surface area contributed by atoms with E-state index in [1.165, 1.54) is 0 Å². The molecule has 2 rings (SSSR count). The molecule has 3 nitrogen and oxygen atoms in total. The first-order valence-corrected chi connectivity index (χ1v) is 6.54. The highest BCUT2D eigenvalue weighted by molar-refractivity contribution is 5.99. The Morgan fingerprint density at radius 3 is 2.53 bits per heavy atom. The van der Waals surface area contributed by atoms with E-state index in [-0.39, 0.29) is 16.6 Å². The molecule has 0 heterocycles. The van der Waals surface area contributed by atoms with Gasteiger partial charge in [-0.3, -0.25) is 9.59 Å². The number of carboxylic acid groups (broad SMARTS) is 1. The lowest BCUT2D eigenvalue weighted by Crippen LogP contribution is -2.54. The molecule has 96 valence electrons. The van der Waals surface area contributed by atoms with Crippen molar-refractivity contribution < 1.29 is 14.7 Å². The van der Waals surface area contributed by atoms with Gasteiger partial charge >= 0.3 is 5.97 Å². The van der Waals surface area contributed by atoms with Crippen LogP contribution in [0.2, 0.25) is 0 Å². The molecule has 0 saturated heterocycles. The van der Waals surface area contributed by atoms with Gasteiger partial charge in [-0.2, -0.15) is 0 Å². The van der Waals surface area contributed by atoms with E-state index >= 15 is 0 Å². The summed E-state index contributed by atoms with van der Waals surface area (Å²) in [7, 11) is 0. The molecule has 2 aliphatic carbocycles. The summed E-state index contributed by atoms with van der Waals surface area (Å²) in [4.78, 5) is 23.3. The molecule has 1 N–H and O–H groups in total. The van der Waals surface area contributed by atoms with Crippen molar-refractivity contribution in [1.29, 1.82) is 0 Å². The molecular formula is C14H22O3. The van der Waals surface area contributed by atoms with E-state index in [2.05, 4.69) is 13.8 Å². The van der Waals surface area contributed by atoms with Gasteiger partial charge in [-0.25, -0.2) is 0 Å². The average molecular weight is 238 g/mol. The number of carboxylic acids is 1. The molecule has 0 amide bonds. The van der Waals surface area contributed by atoms with Crippen molar-refractivity contribution >= 4 is 11.8 Å². The first kappa shape index (κ1) is 12.6. The van der Waals surface area contributed by atoms with Gasteiger partial charge in [0, 0.05) is 6.42 Å². The minimum absolute atomic E-state index is 0.0612. The fourth-order valence-electron chi connectivity index (χ4n) is 4.45. The van der Waals surface area contributed by atoms with Crippen molar-refractivity contribution in [2.45, 2.75) is 52.9 Å². The molecule has 0 aromatic heterocycles. The Labute approximate surface area is 103 Å². The van der Waals surface area contributed by atoms with Crippen molar-refractivity contribution in [2.75, 3.05) is 0 Å². The first-order valence-electron chi connectivity index (χ1n) is 6.54. The first-order chi connectivity index (χ1) is 7.79. The maximum absolute atomic E-state index is 11.9. The zero-order chi connectivity index (χ0) is 12.8. The standard InChI is InChI=1S/C14H22O3/c1-13(2)7-4-8-14(3)10(13)6-5-9(15)11(14)12(16)17/h10-11H,4-8H2,1-3H3,(H,16,17)/t10-,11+,14-/m0/s1. The van der Waals surface area contributed by atoms with Gasteiger partial charge in [-0.1, -0.05) is 27.2 Å². The summed E-state index contributed by atoms with van der Waals surface area (Å²) >= 11 is 0. The second-order valence-electron chi connectivity index (χ2n) is 6.68. The molecule has 2 saturated carbocycles. The van der Waals surface area contributed by atoms with Gasteiger partial charge in [0.25, 0.3) is 0 Å². The van der Waals surface area contributed by atoms with Crippen LogP contribution in [0.1, 0.15) is 52.9 Å². The zero-order valence-electron chi connectivity index (χ0n) is 11.0. The minimum atomic E-state index is -0.917. The van der Waals surface area contributed by atoms with Crippen LogP contribution in [0.25, 0.3) is 0 Å². The van der Waals surface area contributed by atoms with E-state index in [0.29, 0.717) is 12.3 Å². The van der Waals surface area contributed by atoms with Crippen LogP contribution >= 0.6 is 0 Å². The van der Waals surface area contributed by atoms with Crippen LogP contribution in [0, 0.1) is 22.7 Å². The third kappa shape index (κ3) is 1.80. The molecule has 3 heteroatoms. The summed E-state index contributed by atoms with van der Waals surface area (Å²) in [6.45, 7) is 6.47. The number of ketones is 1. The Morgan fingerprint density at radius 2 is 1.94 bits per heavy atom. The molecule has 0 aliphatic heterocycles. The smallest absolute Gasteiger partial charge is 0.314 e. The maximum atomic E-state index is 11.9. The van der Waals surface area contributed by atoms with Crippen LogP contribution in [-0.4, -0.2) is 16.9 Å². The SMILES string of the molecule is CC1(C)CCC[C@]2(C)[C@@H](C(=O)O)C(=O)CC[C@@H]12. The monoisotopic (exact) mass is 238 g/mol. The van der Waals surface area contributed by atoms with Gasteiger partial charge < -0.3 is 5.11 Å². The number of hydrogen-bond donors (Lipinski definition) is 1. The minimum Gasteiger partial charge on any atom is -0.481 e. The van der Waals surface area contributed by atoms with E-state index in [9.17, 15) is 14.7 Å². The fourth-order valence-corrected chi connectivity index (χ4v) is 4.45. The van der Waals surface area contributed by atoms with Crippen LogP contribution in [0.4, 0.5) is 0 Å². The lowest BCUT2D eigenvalue weighted by Gasteiger charge is -2.55. The predicted molar refractivity (Wildman–Crippen MR) is 64.6 cm³/mol. The van der Waals surface area contributed by atoms with Crippen molar-refractivity contribution in [3.8, 4) is 0 Å². The van der Waals surface area contributed by atoms with E-state index in [1.54, 1.807) is 0 Å². The van der Waals surface area contributed by atoms with Crippen molar-refractivity contribution in [3.05, 3.63) is 0 Å². The van der Waals surface area contributed by atoms with Crippen molar-refractivity contribution in [1.82, 2.24) is 0 Å². The molecule has 17 heavy (non-hydrogen) atoms. The number of rotatable bonds is 1. The maximum Gasteiger partial charge on any atom is 0.314 e. The van der Waals surface area contributed by atoms with Crippen molar-refractivity contribution in [2.24, 2.45) is 22.7 Å². The second kappa shape index (κ2) is 3.82. The lowest BCUT2D eigenvalue weighted by molar-refractivity contribution is -0.164. The van der Waals surface area contributed by atoms with Crippen LogP contribution in [-0.2, 0) is 9.59 Å². The third-order valence-corrected chi connectivity index (χ3v) is 5.18. The van der Waals surface area contributed by atoms with Gasteiger partial charge in [0.15, 0.2) is 0 Å². The van der Waals surface area contributed by atoms with Gasteiger partial charge in [0.2, 0.25) is 0 Å². The molecule has 0 aromatic carbocycles.